The van der Waals surface area contributed by atoms with E-state index in [-0.39, 0.29) is 22.8 Å². The van der Waals surface area contributed by atoms with Crippen molar-refractivity contribution in [1.29, 1.82) is 0 Å². The number of aryl methyl sites for hydroxylation is 1. The van der Waals surface area contributed by atoms with E-state index in [0.29, 0.717) is 6.54 Å². The second-order valence-electron chi connectivity index (χ2n) is 5.57. The number of benzene rings is 2. The summed E-state index contributed by atoms with van der Waals surface area (Å²) in [6.45, 7) is 2.34. The Hall–Kier alpha value is -2.27. The first kappa shape index (κ1) is 18.1. The van der Waals surface area contributed by atoms with Crippen LogP contribution in [0.2, 0.25) is 5.02 Å². The van der Waals surface area contributed by atoms with E-state index in [9.17, 15) is 14.3 Å². The molecular formula is C18H20ClFN2O2. The van der Waals surface area contributed by atoms with Crippen LogP contribution in [0.25, 0.3) is 0 Å². The summed E-state index contributed by atoms with van der Waals surface area (Å²) in [5.41, 5.74) is 1.84. The van der Waals surface area contributed by atoms with Gasteiger partial charge in [-0.15, -0.1) is 0 Å². The van der Waals surface area contributed by atoms with Gasteiger partial charge in [0.25, 0.3) is 0 Å². The second-order valence-corrected chi connectivity index (χ2v) is 5.97. The highest BCUT2D eigenvalue weighted by molar-refractivity contribution is 6.30. The Labute approximate surface area is 145 Å². The van der Waals surface area contributed by atoms with E-state index in [2.05, 4.69) is 10.6 Å². The first-order valence-corrected chi connectivity index (χ1v) is 8.10. The monoisotopic (exact) mass is 350 g/mol. The average molecular weight is 351 g/mol. The summed E-state index contributed by atoms with van der Waals surface area (Å²) in [5.74, 6) is -0.238. The Morgan fingerprint density at radius 2 is 1.96 bits per heavy atom. The topological polar surface area (TPSA) is 61.4 Å². The zero-order valence-electron chi connectivity index (χ0n) is 13.4. The van der Waals surface area contributed by atoms with E-state index in [0.717, 1.165) is 24.0 Å². The summed E-state index contributed by atoms with van der Waals surface area (Å²) < 4.78 is 13.1. The lowest BCUT2D eigenvalue weighted by atomic mass is 10.1. The van der Waals surface area contributed by atoms with Crippen molar-refractivity contribution >= 4 is 17.6 Å². The quantitative estimate of drug-likeness (QED) is 0.684. The predicted molar refractivity (Wildman–Crippen MR) is 92.8 cm³/mol. The van der Waals surface area contributed by atoms with Crippen molar-refractivity contribution < 1.29 is 14.3 Å². The molecular weight excluding hydrogens is 331 g/mol. The van der Waals surface area contributed by atoms with Gasteiger partial charge in [0.05, 0.1) is 11.1 Å². The van der Waals surface area contributed by atoms with Crippen LogP contribution in [0.4, 0.5) is 9.18 Å². The van der Waals surface area contributed by atoms with E-state index >= 15 is 0 Å². The molecule has 0 radical (unpaired) electrons. The molecule has 0 bridgehead atoms. The van der Waals surface area contributed by atoms with Gasteiger partial charge in [-0.2, -0.15) is 0 Å². The average Bonchev–Trinajstić information content (AvgIpc) is 2.55. The first-order valence-electron chi connectivity index (χ1n) is 7.73. The molecule has 1 atom stereocenters. The lowest BCUT2D eigenvalue weighted by molar-refractivity contribution is 0.238. The molecule has 0 aliphatic rings. The number of hydrogen-bond donors (Lipinski definition) is 3. The van der Waals surface area contributed by atoms with Gasteiger partial charge < -0.3 is 15.7 Å². The van der Waals surface area contributed by atoms with Crippen molar-refractivity contribution in [3.8, 4) is 5.75 Å². The smallest absolute Gasteiger partial charge is 0.315 e. The van der Waals surface area contributed by atoms with Crippen LogP contribution in [0.5, 0.6) is 5.75 Å². The van der Waals surface area contributed by atoms with Crippen molar-refractivity contribution in [1.82, 2.24) is 10.6 Å². The predicted octanol–water partition coefficient (Wildman–Crippen LogP) is 4.18. The minimum Gasteiger partial charge on any atom is -0.508 e. The maximum atomic E-state index is 13.1. The molecule has 128 valence electrons. The van der Waals surface area contributed by atoms with Gasteiger partial charge in [-0.1, -0.05) is 29.8 Å². The van der Waals surface area contributed by atoms with Crippen molar-refractivity contribution in [2.24, 2.45) is 0 Å². The van der Waals surface area contributed by atoms with E-state index in [1.165, 1.54) is 12.1 Å². The maximum Gasteiger partial charge on any atom is 0.315 e. The third kappa shape index (κ3) is 5.42. The van der Waals surface area contributed by atoms with Crippen molar-refractivity contribution in [3.05, 3.63) is 64.4 Å². The molecule has 2 amide bonds. The number of nitrogens with one attached hydrogen (secondary N) is 2. The third-order valence-electron chi connectivity index (χ3n) is 3.66. The van der Waals surface area contributed by atoms with Crippen LogP contribution in [-0.4, -0.2) is 17.7 Å². The summed E-state index contributed by atoms with van der Waals surface area (Å²) in [4.78, 5) is 11.9. The molecule has 0 spiro atoms. The van der Waals surface area contributed by atoms with Gasteiger partial charge in [-0.25, -0.2) is 9.18 Å². The molecule has 2 aromatic carbocycles. The number of urea groups is 1. The number of hydrogen-bond acceptors (Lipinski definition) is 2. The summed E-state index contributed by atoms with van der Waals surface area (Å²) in [6, 6.07) is 10.8. The van der Waals surface area contributed by atoms with Gasteiger partial charge in [0.2, 0.25) is 0 Å². The fraction of sp³-hybridized carbons (Fsp3) is 0.278. The molecule has 4 nitrogen and oxygen atoms in total. The van der Waals surface area contributed by atoms with Gasteiger partial charge in [0, 0.05) is 6.54 Å². The maximum absolute atomic E-state index is 13.1. The van der Waals surface area contributed by atoms with E-state index in [4.69, 9.17) is 11.6 Å². The van der Waals surface area contributed by atoms with Crippen molar-refractivity contribution in [2.45, 2.75) is 25.8 Å². The van der Waals surface area contributed by atoms with Crippen molar-refractivity contribution in [2.75, 3.05) is 6.54 Å². The van der Waals surface area contributed by atoms with Crippen molar-refractivity contribution in [3.63, 3.8) is 0 Å². The van der Waals surface area contributed by atoms with Gasteiger partial charge in [-0.3, -0.25) is 0 Å². The van der Waals surface area contributed by atoms with Gasteiger partial charge in [0.1, 0.15) is 11.6 Å². The number of aromatic hydroxyl groups is 1. The largest absolute Gasteiger partial charge is 0.508 e. The van der Waals surface area contributed by atoms with Gasteiger partial charge >= 0.3 is 6.03 Å². The number of carbonyl (C=O) groups excluding carboxylic acids is 1. The van der Waals surface area contributed by atoms with Crippen LogP contribution >= 0.6 is 11.6 Å². The van der Waals surface area contributed by atoms with Gasteiger partial charge in [-0.05, 0) is 55.2 Å². The fourth-order valence-electron chi connectivity index (χ4n) is 2.27. The molecule has 6 heteroatoms. The highest BCUT2D eigenvalue weighted by atomic mass is 35.5. The summed E-state index contributed by atoms with van der Waals surface area (Å²) in [6.07, 6.45) is 1.60. The first-order chi connectivity index (χ1) is 11.5. The molecule has 3 N–H and O–H groups in total. The number of phenols is 1. The van der Waals surface area contributed by atoms with Crippen LogP contribution in [0.15, 0.2) is 42.5 Å². The molecule has 0 heterocycles. The van der Waals surface area contributed by atoms with Crippen LogP contribution in [0.1, 0.15) is 30.5 Å². The lowest BCUT2D eigenvalue weighted by Crippen LogP contribution is -2.37. The number of phenolic OH excluding ortho intramolecular Hbond substituents is 1. The Morgan fingerprint density at radius 3 is 2.62 bits per heavy atom. The number of amides is 2. The number of carbonyl (C=O) groups is 1. The molecule has 2 rings (SSSR count). The van der Waals surface area contributed by atoms with Crippen LogP contribution in [-0.2, 0) is 6.42 Å². The van der Waals surface area contributed by atoms with Crippen LogP contribution < -0.4 is 10.6 Å². The zero-order chi connectivity index (χ0) is 17.5. The minimum absolute atomic E-state index is 0.0375. The molecule has 1 unspecified atom stereocenters. The summed E-state index contributed by atoms with van der Waals surface area (Å²) in [7, 11) is 0. The lowest BCUT2D eigenvalue weighted by Gasteiger charge is -2.15. The fourth-order valence-corrected chi connectivity index (χ4v) is 2.46. The summed E-state index contributed by atoms with van der Waals surface area (Å²) >= 11 is 5.75. The van der Waals surface area contributed by atoms with Gasteiger partial charge in [0.15, 0.2) is 0 Å². The molecule has 0 saturated carbocycles. The van der Waals surface area contributed by atoms with E-state index < -0.39 is 5.82 Å². The molecule has 0 saturated heterocycles. The molecule has 0 aliphatic carbocycles. The van der Waals surface area contributed by atoms with Crippen LogP contribution in [0, 0.1) is 5.82 Å². The Morgan fingerprint density at radius 1 is 1.25 bits per heavy atom. The SMILES string of the molecule is CC(NC(=O)NCCCc1ccc(O)cc1)c1ccc(F)c(Cl)c1. The second kappa shape index (κ2) is 8.55. The highest BCUT2D eigenvalue weighted by Gasteiger charge is 2.11. The molecule has 24 heavy (non-hydrogen) atoms. The molecule has 2 aromatic rings. The molecule has 0 fully saturated rings. The standard InChI is InChI=1S/C18H20ClFN2O2/c1-12(14-6-9-17(20)16(19)11-14)22-18(24)21-10-2-3-13-4-7-15(23)8-5-13/h4-9,11-12,23H,2-3,10H2,1H3,(H2,21,22,24). The Balaban J connectivity index is 1.72. The minimum atomic E-state index is -0.480. The highest BCUT2D eigenvalue weighted by Crippen LogP contribution is 2.20. The molecule has 0 aromatic heterocycles. The van der Waals surface area contributed by atoms with E-state index in [1.54, 1.807) is 25.1 Å². The third-order valence-corrected chi connectivity index (χ3v) is 3.95. The zero-order valence-corrected chi connectivity index (χ0v) is 14.1. The number of halogens is 2. The van der Waals surface area contributed by atoms with Crippen LogP contribution in [0.3, 0.4) is 0 Å². The number of rotatable bonds is 6. The summed E-state index contributed by atoms with van der Waals surface area (Å²) in [5, 5.41) is 14.8. The van der Waals surface area contributed by atoms with E-state index in [1.807, 2.05) is 12.1 Å². The normalized spacial score (nSPS) is 11.8. The Kier molecular flexibility index (Phi) is 6.44. The Bertz CT molecular complexity index is 692. The molecule has 0 aliphatic heterocycles.